The van der Waals surface area contributed by atoms with E-state index in [0.29, 0.717) is 12.0 Å². The first-order chi connectivity index (χ1) is 16.4. The predicted octanol–water partition coefficient (Wildman–Crippen LogP) is 7.83. The maximum atomic E-state index is 6.76. The second-order valence-electron chi connectivity index (χ2n) is 10.6. The van der Waals surface area contributed by atoms with E-state index < -0.39 is 0 Å². The van der Waals surface area contributed by atoms with Gasteiger partial charge < -0.3 is 9.80 Å². The minimum atomic E-state index is 0.528. The van der Waals surface area contributed by atoms with Gasteiger partial charge >= 0.3 is 0 Å². The standard InChI is InChI=1S/C31H41ClN2/c1-23-12-16-30(17-13-23)34-20-18-28(25(34)3)22-29-15-14-26(21-31(29)32)9-8-19-33(4)24(2)27-10-6-5-7-11-27/h5-7,10-11,14-15,21,23,28,30H,2-3,8-9,12-13,16-20,22H2,1,4H3. The van der Waals surface area contributed by atoms with E-state index in [-0.39, 0.29) is 0 Å². The molecule has 1 saturated carbocycles. The molecule has 2 nitrogen and oxygen atoms in total. The van der Waals surface area contributed by atoms with Gasteiger partial charge in [0.2, 0.25) is 0 Å². The van der Waals surface area contributed by atoms with Gasteiger partial charge in [0, 0.05) is 48.5 Å². The minimum absolute atomic E-state index is 0.528. The molecule has 1 saturated heterocycles. The molecule has 0 amide bonds. The van der Waals surface area contributed by atoms with Crippen molar-refractivity contribution in [3.63, 3.8) is 0 Å². The van der Waals surface area contributed by atoms with E-state index in [1.54, 1.807) is 0 Å². The van der Waals surface area contributed by atoms with E-state index in [1.165, 1.54) is 61.0 Å². The Morgan fingerprint density at radius 2 is 1.79 bits per heavy atom. The Kier molecular flexibility index (Phi) is 8.42. The summed E-state index contributed by atoms with van der Waals surface area (Å²) in [6, 6.07) is 17.8. The summed E-state index contributed by atoms with van der Waals surface area (Å²) in [7, 11) is 2.12. The third-order valence-electron chi connectivity index (χ3n) is 8.10. The Labute approximate surface area is 212 Å². The first-order valence-electron chi connectivity index (χ1n) is 13.1. The van der Waals surface area contributed by atoms with Crippen LogP contribution in [0.5, 0.6) is 0 Å². The highest BCUT2D eigenvalue weighted by Crippen LogP contribution is 2.37. The highest BCUT2D eigenvalue weighted by Gasteiger charge is 2.33. The second-order valence-corrected chi connectivity index (χ2v) is 11.0. The number of hydrogen-bond acceptors (Lipinski definition) is 2. The van der Waals surface area contributed by atoms with E-state index >= 15 is 0 Å². The molecule has 2 aromatic carbocycles. The Balaban J connectivity index is 1.26. The average Bonchev–Trinajstić information content (AvgIpc) is 3.21. The van der Waals surface area contributed by atoms with Crippen LogP contribution in [0.25, 0.3) is 5.70 Å². The first kappa shape index (κ1) is 24.9. The van der Waals surface area contributed by atoms with Gasteiger partial charge in [-0.3, -0.25) is 0 Å². The summed E-state index contributed by atoms with van der Waals surface area (Å²) in [6.45, 7) is 13.3. The summed E-state index contributed by atoms with van der Waals surface area (Å²) >= 11 is 6.76. The number of rotatable bonds is 9. The van der Waals surface area contributed by atoms with Crippen molar-refractivity contribution in [1.82, 2.24) is 9.80 Å². The van der Waals surface area contributed by atoms with Gasteiger partial charge in [-0.2, -0.15) is 0 Å². The van der Waals surface area contributed by atoms with Crippen molar-refractivity contribution in [1.29, 1.82) is 0 Å². The summed E-state index contributed by atoms with van der Waals surface area (Å²) in [5, 5.41) is 0.914. The fourth-order valence-electron chi connectivity index (χ4n) is 5.71. The van der Waals surface area contributed by atoms with Gasteiger partial charge in [-0.25, -0.2) is 0 Å². The van der Waals surface area contributed by atoms with Gasteiger partial charge in [0.25, 0.3) is 0 Å². The van der Waals surface area contributed by atoms with Crippen LogP contribution in [0.2, 0.25) is 5.02 Å². The van der Waals surface area contributed by atoms with E-state index in [1.807, 2.05) is 6.07 Å². The lowest BCUT2D eigenvalue weighted by Gasteiger charge is -2.36. The molecule has 1 aliphatic carbocycles. The summed E-state index contributed by atoms with van der Waals surface area (Å²) in [6.07, 6.45) is 9.71. The topological polar surface area (TPSA) is 6.48 Å². The maximum absolute atomic E-state index is 6.76. The number of allylic oxidation sites excluding steroid dienone is 1. The van der Waals surface area contributed by atoms with Crippen molar-refractivity contribution in [2.24, 2.45) is 11.8 Å². The van der Waals surface area contributed by atoms with Crippen molar-refractivity contribution in [2.75, 3.05) is 20.1 Å². The Morgan fingerprint density at radius 3 is 2.50 bits per heavy atom. The van der Waals surface area contributed by atoms with Gasteiger partial charge in [-0.1, -0.05) is 74.1 Å². The summed E-state index contributed by atoms with van der Waals surface area (Å²) in [5.74, 6) is 1.42. The Morgan fingerprint density at radius 1 is 1.06 bits per heavy atom. The smallest absolute Gasteiger partial charge is 0.0440 e. The number of hydrogen-bond donors (Lipinski definition) is 0. The molecule has 0 N–H and O–H groups in total. The molecule has 1 atom stereocenters. The molecule has 3 heteroatoms. The van der Waals surface area contributed by atoms with Crippen molar-refractivity contribution in [3.05, 3.63) is 89.1 Å². The maximum Gasteiger partial charge on any atom is 0.0440 e. The molecule has 0 bridgehead atoms. The van der Waals surface area contributed by atoms with Crippen LogP contribution in [-0.4, -0.2) is 36.0 Å². The van der Waals surface area contributed by atoms with E-state index in [4.69, 9.17) is 11.6 Å². The minimum Gasteiger partial charge on any atom is -0.375 e. The molecule has 2 fully saturated rings. The van der Waals surface area contributed by atoms with Crippen molar-refractivity contribution < 1.29 is 0 Å². The molecule has 2 aliphatic rings. The highest BCUT2D eigenvalue weighted by molar-refractivity contribution is 6.31. The molecule has 0 aromatic heterocycles. The van der Waals surface area contributed by atoms with Crippen LogP contribution >= 0.6 is 11.6 Å². The molecule has 1 heterocycles. The van der Waals surface area contributed by atoms with Gasteiger partial charge in [-0.05, 0) is 80.0 Å². The zero-order valence-corrected chi connectivity index (χ0v) is 21.9. The van der Waals surface area contributed by atoms with Crippen LogP contribution in [0, 0.1) is 11.8 Å². The van der Waals surface area contributed by atoms with Crippen molar-refractivity contribution >= 4 is 17.3 Å². The monoisotopic (exact) mass is 476 g/mol. The van der Waals surface area contributed by atoms with Crippen molar-refractivity contribution in [3.8, 4) is 0 Å². The molecular formula is C31H41ClN2. The summed E-state index contributed by atoms with van der Waals surface area (Å²) in [5.41, 5.74) is 6.19. The molecule has 182 valence electrons. The fourth-order valence-corrected chi connectivity index (χ4v) is 5.99. The van der Waals surface area contributed by atoms with Crippen LogP contribution in [-0.2, 0) is 12.8 Å². The van der Waals surface area contributed by atoms with Gasteiger partial charge in [0.1, 0.15) is 0 Å². The third kappa shape index (κ3) is 6.08. The third-order valence-corrected chi connectivity index (χ3v) is 8.45. The highest BCUT2D eigenvalue weighted by atomic mass is 35.5. The Hall–Kier alpha value is -2.19. The number of halogens is 1. The quantitative estimate of drug-likeness (QED) is 0.363. The van der Waals surface area contributed by atoms with Gasteiger partial charge in [-0.15, -0.1) is 0 Å². The lowest BCUT2D eigenvalue weighted by Crippen LogP contribution is -2.34. The van der Waals surface area contributed by atoms with Crippen LogP contribution < -0.4 is 0 Å². The number of benzene rings is 2. The first-order valence-corrected chi connectivity index (χ1v) is 13.5. The lowest BCUT2D eigenvalue weighted by molar-refractivity contribution is 0.195. The SMILES string of the molecule is C=C(c1ccccc1)N(C)CCCc1ccc(CC2CCN(C3CCC(C)CC3)C2=C)c(Cl)c1. The average molecular weight is 477 g/mol. The molecule has 1 unspecified atom stereocenters. The molecule has 0 radical (unpaired) electrons. The van der Waals surface area contributed by atoms with Crippen LogP contribution in [0.15, 0.2) is 67.4 Å². The van der Waals surface area contributed by atoms with Crippen LogP contribution in [0.3, 0.4) is 0 Å². The number of nitrogens with zero attached hydrogens (tertiary/aromatic N) is 2. The number of likely N-dealkylation sites (tertiary alicyclic amines) is 1. The Bertz CT molecular complexity index is 974. The summed E-state index contributed by atoms with van der Waals surface area (Å²) in [4.78, 5) is 4.87. The van der Waals surface area contributed by atoms with Crippen molar-refractivity contribution in [2.45, 2.75) is 64.3 Å². The lowest BCUT2D eigenvalue weighted by atomic mass is 9.86. The zero-order chi connectivity index (χ0) is 24.1. The second kappa shape index (κ2) is 11.5. The van der Waals surface area contributed by atoms with E-state index in [2.05, 4.69) is 79.4 Å². The number of aryl methyl sites for hydroxylation is 1. The molecule has 1 aliphatic heterocycles. The van der Waals surface area contributed by atoms with Gasteiger partial charge in [0.05, 0.1) is 0 Å². The van der Waals surface area contributed by atoms with Gasteiger partial charge in [0.15, 0.2) is 0 Å². The zero-order valence-electron chi connectivity index (χ0n) is 21.1. The molecule has 0 spiro atoms. The van der Waals surface area contributed by atoms with E-state index in [9.17, 15) is 0 Å². The predicted molar refractivity (Wildman–Crippen MR) is 147 cm³/mol. The normalized spacial score (nSPS) is 22.7. The van der Waals surface area contributed by atoms with Crippen LogP contribution in [0.1, 0.15) is 62.1 Å². The largest absolute Gasteiger partial charge is 0.375 e. The molecular weight excluding hydrogens is 436 g/mol. The molecule has 2 aromatic rings. The molecule has 4 rings (SSSR count). The fraction of sp³-hybridized carbons (Fsp3) is 0.484. The van der Waals surface area contributed by atoms with E-state index in [0.717, 1.165) is 42.4 Å². The summed E-state index contributed by atoms with van der Waals surface area (Å²) < 4.78 is 0. The molecule has 34 heavy (non-hydrogen) atoms. The van der Waals surface area contributed by atoms with Crippen LogP contribution in [0.4, 0.5) is 0 Å².